The SMILES string of the molecule is COc1ccc(S(=O)(=O)c2c(SC)nn(Cc3cccc(F)c3)c2N)cc1. The fraction of sp³-hybridized carbons (Fsp3) is 0.167. The second-order valence-corrected chi connectivity index (χ2v) is 8.37. The summed E-state index contributed by atoms with van der Waals surface area (Å²) in [6, 6.07) is 12.1. The molecule has 0 radical (unpaired) electrons. The molecule has 2 N–H and O–H groups in total. The maximum Gasteiger partial charge on any atom is 0.212 e. The van der Waals surface area contributed by atoms with E-state index in [2.05, 4.69) is 5.10 Å². The molecular weight excluding hydrogens is 389 g/mol. The van der Waals surface area contributed by atoms with Crippen molar-refractivity contribution in [3.63, 3.8) is 0 Å². The van der Waals surface area contributed by atoms with Gasteiger partial charge in [-0.3, -0.25) is 0 Å². The molecule has 27 heavy (non-hydrogen) atoms. The Balaban J connectivity index is 2.05. The summed E-state index contributed by atoms with van der Waals surface area (Å²) in [6.07, 6.45) is 1.72. The second-order valence-electron chi connectivity index (χ2n) is 5.69. The van der Waals surface area contributed by atoms with E-state index >= 15 is 0 Å². The molecule has 0 saturated carbocycles. The first-order valence-corrected chi connectivity index (χ1v) is 10.6. The molecule has 6 nitrogen and oxygen atoms in total. The molecule has 0 atom stereocenters. The lowest BCUT2D eigenvalue weighted by Gasteiger charge is -2.07. The molecular formula is C18H18FN3O3S2. The fourth-order valence-electron chi connectivity index (χ4n) is 2.62. The van der Waals surface area contributed by atoms with E-state index < -0.39 is 9.84 Å². The van der Waals surface area contributed by atoms with Crippen molar-refractivity contribution in [3.8, 4) is 5.75 Å². The Bertz CT molecular complexity index is 1060. The zero-order chi connectivity index (χ0) is 19.6. The van der Waals surface area contributed by atoms with Gasteiger partial charge in [-0.15, -0.1) is 11.8 Å². The number of anilines is 1. The van der Waals surface area contributed by atoms with E-state index in [-0.39, 0.29) is 28.0 Å². The molecule has 0 saturated heterocycles. The van der Waals surface area contributed by atoms with Crippen molar-refractivity contribution in [2.24, 2.45) is 0 Å². The molecule has 0 fully saturated rings. The molecule has 0 amide bonds. The predicted molar refractivity (Wildman–Crippen MR) is 102 cm³/mol. The number of nitrogens with two attached hydrogens (primary N) is 1. The third-order valence-corrected chi connectivity index (χ3v) is 6.60. The van der Waals surface area contributed by atoms with Gasteiger partial charge in [0.05, 0.1) is 18.6 Å². The zero-order valence-corrected chi connectivity index (χ0v) is 16.3. The predicted octanol–water partition coefficient (Wildman–Crippen LogP) is 3.22. The van der Waals surface area contributed by atoms with Gasteiger partial charge in [-0.05, 0) is 48.2 Å². The van der Waals surface area contributed by atoms with Crippen molar-refractivity contribution in [1.82, 2.24) is 9.78 Å². The minimum atomic E-state index is -3.88. The summed E-state index contributed by atoms with van der Waals surface area (Å²) >= 11 is 1.18. The highest BCUT2D eigenvalue weighted by Crippen LogP contribution is 2.34. The topological polar surface area (TPSA) is 87.2 Å². The maximum atomic E-state index is 13.4. The lowest BCUT2D eigenvalue weighted by atomic mass is 10.2. The lowest BCUT2D eigenvalue weighted by Crippen LogP contribution is -2.09. The summed E-state index contributed by atoms with van der Waals surface area (Å²) < 4.78 is 46.1. The lowest BCUT2D eigenvalue weighted by molar-refractivity contribution is 0.414. The molecule has 142 valence electrons. The number of thioether (sulfide) groups is 1. The Labute approximate surface area is 161 Å². The van der Waals surface area contributed by atoms with Crippen molar-refractivity contribution in [1.29, 1.82) is 0 Å². The van der Waals surface area contributed by atoms with Gasteiger partial charge in [0.1, 0.15) is 27.3 Å². The molecule has 0 spiro atoms. The van der Waals surface area contributed by atoms with Crippen LogP contribution in [0.3, 0.4) is 0 Å². The molecule has 0 aliphatic rings. The Morgan fingerprint density at radius 2 is 1.93 bits per heavy atom. The van der Waals surface area contributed by atoms with Crippen molar-refractivity contribution in [3.05, 3.63) is 59.9 Å². The number of methoxy groups -OCH3 is 1. The zero-order valence-electron chi connectivity index (χ0n) is 14.7. The third-order valence-electron chi connectivity index (χ3n) is 3.97. The molecule has 0 aliphatic heterocycles. The molecule has 3 aromatic rings. The average Bonchev–Trinajstić information content (AvgIpc) is 2.98. The van der Waals surface area contributed by atoms with Crippen LogP contribution in [0.4, 0.5) is 10.2 Å². The Morgan fingerprint density at radius 3 is 2.52 bits per heavy atom. The number of sulfone groups is 1. The van der Waals surface area contributed by atoms with Gasteiger partial charge in [0, 0.05) is 0 Å². The van der Waals surface area contributed by atoms with Gasteiger partial charge >= 0.3 is 0 Å². The van der Waals surface area contributed by atoms with Crippen LogP contribution in [0, 0.1) is 5.82 Å². The van der Waals surface area contributed by atoms with Gasteiger partial charge < -0.3 is 10.5 Å². The third kappa shape index (κ3) is 3.79. The maximum absolute atomic E-state index is 13.4. The van der Waals surface area contributed by atoms with Crippen molar-refractivity contribution in [2.75, 3.05) is 19.1 Å². The van der Waals surface area contributed by atoms with Gasteiger partial charge in [-0.1, -0.05) is 12.1 Å². The van der Waals surface area contributed by atoms with Gasteiger partial charge in [0.25, 0.3) is 0 Å². The molecule has 1 aromatic heterocycles. The van der Waals surface area contributed by atoms with E-state index in [0.29, 0.717) is 16.3 Å². The number of benzene rings is 2. The summed E-state index contributed by atoms with van der Waals surface area (Å²) in [7, 11) is -2.37. The molecule has 1 heterocycles. The number of rotatable bonds is 6. The van der Waals surface area contributed by atoms with Gasteiger partial charge in [-0.25, -0.2) is 17.5 Å². The van der Waals surface area contributed by atoms with Crippen LogP contribution in [-0.4, -0.2) is 31.6 Å². The first-order chi connectivity index (χ1) is 12.9. The fourth-order valence-corrected chi connectivity index (χ4v) is 5.05. The molecule has 9 heteroatoms. The molecule has 3 rings (SSSR count). The van der Waals surface area contributed by atoms with E-state index in [4.69, 9.17) is 10.5 Å². The minimum Gasteiger partial charge on any atom is -0.497 e. The van der Waals surface area contributed by atoms with E-state index in [9.17, 15) is 12.8 Å². The van der Waals surface area contributed by atoms with E-state index in [1.165, 1.54) is 47.8 Å². The van der Waals surface area contributed by atoms with E-state index in [1.807, 2.05) is 0 Å². The first kappa shape index (κ1) is 19.2. The Morgan fingerprint density at radius 1 is 1.22 bits per heavy atom. The number of aromatic nitrogens is 2. The van der Waals surface area contributed by atoms with Crippen LogP contribution in [-0.2, 0) is 16.4 Å². The smallest absolute Gasteiger partial charge is 0.212 e. The van der Waals surface area contributed by atoms with Crippen LogP contribution < -0.4 is 10.5 Å². The summed E-state index contributed by atoms with van der Waals surface area (Å²) in [5, 5.41) is 4.60. The highest BCUT2D eigenvalue weighted by Gasteiger charge is 2.29. The van der Waals surface area contributed by atoms with Gasteiger partial charge in [0.15, 0.2) is 0 Å². The standard InChI is InChI=1S/C18H18FN3O3S2/c1-25-14-6-8-15(9-7-14)27(23,24)16-17(20)22(21-18(16)26-2)11-12-4-3-5-13(19)10-12/h3-10H,11,20H2,1-2H3. The monoisotopic (exact) mass is 407 g/mol. The summed E-state index contributed by atoms with van der Waals surface area (Å²) in [5.74, 6) is 0.183. The van der Waals surface area contributed by atoms with Crippen molar-refractivity contribution < 1.29 is 17.5 Å². The minimum absolute atomic E-state index is 0.0134. The van der Waals surface area contributed by atoms with Crippen LogP contribution in [0.25, 0.3) is 0 Å². The molecule has 2 aromatic carbocycles. The van der Waals surface area contributed by atoms with E-state index in [1.54, 1.807) is 30.5 Å². The molecule has 0 aliphatic carbocycles. The normalized spacial score (nSPS) is 11.5. The quantitative estimate of drug-likeness (QED) is 0.632. The van der Waals surface area contributed by atoms with Crippen LogP contribution in [0.1, 0.15) is 5.56 Å². The highest BCUT2D eigenvalue weighted by molar-refractivity contribution is 7.99. The van der Waals surface area contributed by atoms with Crippen LogP contribution >= 0.6 is 11.8 Å². The molecule has 0 unspecified atom stereocenters. The Hall–Kier alpha value is -2.52. The number of nitrogen functional groups attached to an aromatic ring is 1. The van der Waals surface area contributed by atoms with Crippen LogP contribution in [0.5, 0.6) is 5.75 Å². The number of halogens is 1. The summed E-state index contributed by atoms with van der Waals surface area (Å²) in [6.45, 7) is 0.162. The number of nitrogens with zero attached hydrogens (tertiary/aromatic N) is 2. The second kappa shape index (κ2) is 7.61. The largest absolute Gasteiger partial charge is 0.497 e. The first-order valence-electron chi connectivity index (χ1n) is 7.90. The summed E-state index contributed by atoms with van der Waals surface area (Å²) in [4.78, 5) is 0.0483. The van der Waals surface area contributed by atoms with Gasteiger partial charge in [-0.2, -0.15) is 5.10 Å². The molecule has 0 bridgehead atoms. The number of ether oxygens (including phenoxy) is 1. The Kier molecular flexibility index (Phi) is 5.43. The number of hydrogen-bond acceptors (Lipinski definition) is 6. The number of hydrogen-bond donors (Lipinski definition) is 1. The van der Waals surface area contributed by atoms with Crippen LogP contribution in [0.15, 0.2) is 63.3 Å². The van der Waals surface area contributed by atoms with Crippen LogP contribution in [0.2, 0.25) is 0 Å². The van der Waals surface area contributed by atoms with Crippen molar-refractivity contribution >= 4 is 27.4 Å². The van der Waals surface area contributed by atoms with Gasteiger partial charge in [0.2, 0.25) is 9.84 Å². The average molecular weight is 407 g/mol. The summed E-state index contributed by atoms with van der Waals surface area (Å²) in [5.41, 5.74) is 6.76. The highest BCUT2D eigenvalue weighted by atomic mass is 32.2. The van der Waals surface area contributed by atoms with E-state index in [0.717, 1.165) is 0 Å². The van der Waals surface area contributed by atoms with Crippen molar-refractivity contribution in [2.45, 2.75) is 21.4 Å².